The van der Waals surface area contributed by atoms with E-state index >= 15 is 0 Å². The molecule has 0 aliphatic rings. The Morgan fingerprint density at radius 1 is 1.25 bits per heavy atom. The lowest BCUT2D eigenvalue weighted by atomic mass is 10.2. The van der Waals surface area contributed by atoms with Crippen LogP contribution in [0.5, 0.6) is 5.75 Å². The molecule has 0 fully saturated rings. The second kappa shape index (κ2) is 8.34. The van der Waals surface area contributed by atoms with Gasteiger partial charge in [-0.2, -0.15) is 13.2 Å². The van der Waals surface area contributed by atoms with Crippen molar-refractivity contribution in [1.82, 2.24) is 5.32 Å². The Morgan fingerprint density at radius 2 is 2.00 bits per heavy atom. The Morgan fingerprint density at radius 3 is 2.65 bits per heavy atom. The van der Waals surface area contributed by atoms with Crippen LogP contribution in [0.15, 0.2) is 18.2 Å². The number of hydrogen-bond acceptors (Lipinski definition) is 3. The summed E-state index contributed by atoms with van der Waals surface area (Å²) < 4.78 is 46.4. The molecule has 0 aliphatic carbocycles. The van der Waals surface area contributed by atoms with Gasteiger partial charge in [-0.3, -0.25) is 0 Å². The van der Waals surface area contributed by atoms with Gasteiger partial charge >= 0.3 is 6.18 Å². The summed E-state index contributed by atoms with van der Waals surface area (Å²) in [5.74, 6) is 0.295. The largest absolute Gasteiger partial charge is 0.491 e. The number of alkyl halides is 3. The quantitative estimate of drug-likeness (QED) is 0.746. The van der Waals surface area contributed by atoms with Gasteiger partial charge in [-0.1, -0.05) is 23.7 Å². The van der Waals surface area contributed by atoms with Crippen LogP contribution in [0.4, 0.5) is 13.2 Å². The highest BCUT2D eigenvalue weighted by Gasteiger charge is 2.27. The van der Waals surface area contributed by atoms with Crippen LogP contribution in [0, 0.1) is 0 Å². The third kappa shape index (κ3) is 6.45. The maximum absolute atomic E-state index is 12.1. The first-order valence-electron chi connectivity index (χ1n) is 6.10. The summed E-state index contributed by atoms with van der Waals surface area (Å²) in [5, 5.41) is 3.39. The average Bonchev–Trinajstić information content (AvgIpc) is 2.36. The lowest BCUT2D eigenvalue weighted by molar-refractivity contribution is -0.139. The Kier molecular flexibility index (Phi) is 7.12. The van der Waals surface area contributed by atoms with Crippen molar-refractivity contribution in [2.75, 3.05) is 26.9 Å². The van der Waals surface area contributed by atoms with Crippen LogP contribution in [0.3, 0.4) is 0 Å². The molecule has 0 radical (unpaired) electrons. The molecule has 0 aliphatic heterocycles. The van der Waals surface area contributed by atoms with E-state index in [4.69, 9.17) is 21.1 Å². The third-order valence-electron chi connectivity index (χ3n) is 2.48. The second-order valence-electron chi connectivity index (χ2n) is 4.11. The van der Waals surface area contributed by atoms with Gasteiger partial charge in [-0.25, -0.2) is 0 Å². The zero-order valence-electron chi connectivity index (χ0n) is 11.1. The first-order chi connectivity index (χ1) is 9.44. The number of benzene rings is 1. The minimum absolute atomic E-state index is 0.295. The van der Waals surface area contributed by atoms with Crippen molar-refractivity contribution in [2.24, 2.45) is 0 Å². The van der Waals surface area contributed by atoms with E-state index in [-0.39, 0.29) is 0 Å². The predicted molar refractivity (Wildman–Crippen MR) is 71.2 cm³/mol. The molecular weight excluding hydrogens is 295 g/mol. The molecule has 0 saturated carbocycles. The number of rotatable bonds is 8. The molecule has 114 valence electrons. The Bertz CT molecular complexity index is 413. The molecular formula is C13H17ClF3NO2. The van der Waals surface area contributed by atoms with Gasteiger partial charge in [0.15, 0.2) is 0 Å². The summed E-state index contributed by atoms with van der Waals surface area (Å²) in [4.78, 5) is 0. The van der Waals surface area contributed by atoms with Gasteiger partial charge in [-0.15, -0.1) is 0 Å². The molecule has 0 saturated heterocycles. The zero-order chi connectivity index (χ0) is 15.0. The van der Waals surface area contributed by atoms with E-state index in [9.17, 15) is 13.2 Å². The van der Waals surface area contributed by atoms with E-state index < -0.39 is 19.2 Å². The van der Waals surface area contributed by atoms with E-state index in [1.165, 1.54) is 0 Å². The third-order valence-corrected chi connectivity index (χ3v) is 2.78. The van der Waals surface area contributed by atoms with Crippen molar-refractivity contribution >= 4 is 11.6 Å². The van der Waals surface area contributed by atoms with Crippen molar-refractivity contribution in [2.45, 2.75) is 19.1 Å². The molecule has 20 heavy (non-hydrogen) atoms. The Balaban J connectivity index is 2.58. The Labute approximate surface area is 121 Å². The highest BCUT2D eigenvalue weighted by atomic mass is 35.5. The molecule has 0 atom stereocenters. The number of ether oxygens (including phenoxy) is 2. The van der Waals surface area contributed by atoms with Gasteiger partial charge in [0.05, 0.1) is 24.7 Å². The van der Waals surface area contributed by atoms with Gasteiger partial charge in [-0.05, 0) is 6.07 Å². The predicted octanol–water partition coefficient (Wildman–Crippen LogP) is 3.41. The van der Waals surface area contributed by atoms with E-state index in [1.807, 2.05) is 0 Å². The molecule has 0 aromatic heterocycles. The van der Waals surface area contributed by atoms with E-state index in [2.05, 4.69) is 5.32 Å². The lowest BCUT2D eigenvalue weighted by Crippen LogP contribution is -2.19. The zero-order valence-corrected chi connectivity index (χ0v) is 11.9. The fraction of sp³-hybridized carbons (Fsp3) is 0.538. The number of para-hydroxylation sites is 1. The highest BCUT2D eigenvalue weighted by molar-refractivity contribution is 6.32. The topological polar surface area (TPSA) is 30.5 Å². The van der Waals surface area contributed by atoms with Gasteiger partial charge in [0.1, 0.15) is 5.75 Å². The first-order valence-corrected chi connectivity index (χ1v) is 6.48. The van der Waals surface area contributed by atoms with Crippen LogP contribution in [0.1, 0.15) is 12.0 Å². The molecule has 0 heterocycles. The molecule has 0 amide bonds. The molecule has 0 spiro atoms. The normalized spacial score (nSPS) is 11.7. The molecule has 0 unspecified atom stereocenters. The van der Waals surface area contributed by atoms with Crippen LogP contribution in [-0.2, 0) is 11.3 Å². The maximum Gasteiger partial charge on any atom is 0.392 e. The van der Waals surface area contributed by atoms with Crippen LogP contribution in [0.25, 0.3) is 0 Å². The minimum atomic E-state index is -4.24. The summed E-state index contributed by atoms with van der Waals surface area (Å²) >= 11 is 5.96. The fourth-order valence-electron chi connectivity index (χ4n) is 1.52. The SMILES string of the molecule is COCCNCc1cccc(Cl)c1OCCC(F)(F)F. The van der Waals surface area contributed by atoms with Crippen LogP contribution in [-0.4, -0.2) is 33.0 Å². The van der Waals surface area contributed by atoms with E-state index in [0.29, 0.717) is 30.5 Å². The molecule has 1 N–H and O–H groups in total. The van der Waals surface area contributed by atoms with Crippen LogP contribution < -0.4 is 10.1 Å². The van der Waals surface area contributed by atoms with Gasteiger partial charge in [0.2, 0.25) is 0 Å². The second-order valence-corrected chi connectivity index (χ2v) is 4.52. The maximum atomic E-state index is 12.1. The Hall–Kier alpha value is -0.980. The number of nitrogens with one attached hydrogen (secondary N) is 1. The minimum Gasteiger partial charge on any atom is -0.491 e. The molecule has 1 rings (SSSR count). The summed E-state index contributed by atoms with van der Waals surface area (Å²) in [6.07, 6.45) is -5.24. The van der Waals surface area contributed by atoms with E-state index in [0.717, 1.165) is 5.56 Å². The van der Waals surface area contributed by atoms with Gasteiger partial charge in [0.25, 0.3) is 0 Å². The van der Waals surface area contributed by atoms with Crippen molar-refractivity contribution in [1.29, 1.82) is 0 Å². The fourth-order valence-corrected chi connectivity index (χ4v) is 1.77. The lowest BCUT2D eigenvalue weighted by Gasteiger charge is -2.14. The van der Waals surface area contributed by atoms with Gasteiger partial charge in [0, 0.05) is 25.8 Å². The number of hydrogen-bond donors (Lipinski definition) is 1. The molecule has 1 aromatic carbocycles. The number of methoxy groups -OCH3 is 1. The molecule has 7 heteroatoms. The van der Waals surface area contributed by atoms with Crippen molar-refractivity contribution in [3.05, 3.63) is 28.8 Å². The first kappa shape index (κ1) is 17.1. The van der Waals surface area contributed by atoms with Crippen molar-refractivity contribution < 1.29 is 22.6 Å². The molecule has 1 aromatic rings. The van der Waals surface area contributed by atoms with Crippen LogP contribution >= 0.6 is 11.6 Å². The summed E-state index contributed by atoms with van der Waals surface area (Å²) in [7, 11) is 1.59. The van der Waals surface area contributed by atoms with Gasteiger partial charge < -0.3 is 14.8 Å². The molecule has 3 nitrogen and oxygen atoms in total. The standard InChI is InChI=1S/C13H17ClF3NO2/c1-19-8-6-18-9-10-3-2-4-11(14)12(10)20-7-5-13(15,16)17/h2-4,18H,5-9H2,1H3. The van der Waals surface area contributed by atoms with Crippen molar-refractivity contribution in [3.63, 3.8) is 0 Å². The highest BCUT2D eigenvalue weighted by Crippen LogP contribution is 2.29. The monoisotopic (exact) mass is 311 g/mol. The smallest absolute Gasteiger partial charge is 0.392 e. The van der Waals surface area contributed by atoms with Crippen molar-refractivity contribution in [3.8, 4) is 5.75 Å². The average molecular weight is 312 g/mol. The number of halogens is 4. The molecule has 0 bridgehead atoms. The summed E-state index contributed by atoms with van der Waals surface area (Å²) in [6.45, 7) is 1.18. The van der Waals surface area contributed by atoms with Crippen LogP contribution in [0.2, 0.25) is 5.02 Å². The summed E-state index contributed by atoms with van der Waals surface area (Å²) in [6, 6.07) is 5.07. The van der Waals surface area contributed by atoms with E-state index in [1.54, 1.807) is 25.3 Å². The summed E-state index contributed by atoms with van der Waals surface area (Å²) in [5.41, 5.74) is 0.718.